The number of pyridine rings is 1. The maximum absolute atomic E-state index is 5.22. The average molecular weight is 189 g/mol. The van der Waals surface area contributed by atoms with Gasteiger partial charge >= 0.3 is 0 Å². The number of hydrogen-bond donors (Lipinski definition) is 1. The van der Waals surface area contributed by atoms with E-state index in [4.69, 9.17) is 4.74 Å². The Morgan fingerprint density at radius 1 is 1.43 bits per heavy atom. The van der Waals surface area contributed by atoms with Crippen LogP contribution in [0.1, 0.15) is 6.92 Å². The highest BCUT2D eigenvalue weighted by atomic mass is 16.5. The highest BCUT2D eigenvalue weighted by molar-refractivity contribution is 5.57. The van der Waals surface area contributed by atoms with Crippen molar-refractivity contribution in [2.45, 2.75) is 6.92 Å². The Morgan fingerprint density at radius 2 is 2.36 bits per heavy atom. The molecular formula is C10H11N3O. The lowest BCUT2D eigenvalue weighted by Gasteiger charge is -1.96. The molecule has 2 aromatic rings. The minimum Gasteiger partial charge on any atom is -0.465 e. The molecule has 0 atom stereocenters. The molecule has 0 radical (unpaired) electrons. The third-order valence-corrected chi connectivity index (χ3v) is 1.81. The molecule has 0 saturated carbocycles. The predicted molar refractivity (Wildman–Crippen MR) is 53.0 cm³/mol. The molecule has 0 spiro atoms. The van der Waals surface area contributed by atoms with Gasteiger partial charge in [-0.05, 0) is 19.1 Å². The molecule has 2 aromatic heterocycles. The largest absolute Gasteiger partial charge is 0.465 e. The molecule has 2 rings (SSSR count). The summed E-state index contributed by atoms with van der Waals surface area (Å²) in [5, 5.41) is 0. The maximum Gasteiger partial charge on any atom is 0.293 e. The summed E-state index contributed by atoms with van der Waals surface area (Å²) in [7, 11) is 0. The van der Waals surface area contributed by atoms with Crippen LogP contribution in [0.2, 0.25) is 0 Å². The zero-order chi connectivity index (χ0) is 9.80. The van der Waals surface area contributed by atoms with Crippen LogP contribution in [0, 0.1) is 0 Å². The van der Waals surface area contributed by atoms with Gasteiger partial charge in [-0.3, -0.25) is 4.98 Å². The normalized spacial score (nSPS) is 10.1. The van der Waals surface area contributed by atoms with Gasteiger partial charge in [-0.25, -0.2) is 4.98 Å². The van der Waals surface area contributed by atoms with E-state index in [1.54, 1.807) is 18.6 Å². The van der Waals surface area contributed by atoms with E-state index in [-0.39, 0.29) is 0 Å². The Kier molecular flexibility index (Phi) is 2.44. The molecule has 0 aromatic carbocycles. The highest BCUT2D eigenvalue weighted by Crippen LogP contribution is 2.17. The lowest BCUT2D eigenvalue weighted by atomic mass is 10.2. The van der Waals surface area contributed by atoms with Gasteiger partial charge in [0, 0.05) is 18.0 Å². The topological polar surface area (TPSA) is 50.8 Å². The maximum atomic E-state index is 5.22. The lowest BCUT2D eigenvalue weighted by Crippen LogP contribution is -1.92. The van der Waals surface area contributed by atoms with Gasteiger partial charge in [-0.1, -0.05) is 0 Å². The number of H-pyrrole nitrogens is 1. The number of hydrogen-bond acceptors (Lipinski definition) is 3. The minimum absolute atomic E-state index is 0.548. The molecule has 0 aliphatic carbocycles. The van der Waals surface area contributed by atoms with E-state index in [9.17, 15) is 0 Å². The Balaban J connectivity index is 2.25. The van der Waals surface area contributed by atoms with Crippen molar-refractivity contribution in [3.8, 4) is 17.3 Å². The van der Waals surface area contributed by atoms with Crippen LogP contribution in [0.15, 0.2) is 30.7 Å². The first-order valence-electron chi connectivity index (χ1n) is 4.48. The quantitative estimate of drug-likeness (QED) is 0.801. The first-order chi connectivity index (χ1) is 6.90. The number of ether oxygens (including phenoxy) is 1. The number of imidazole rings is 1. The monoisotopic (exact) mass is 189 g/mol. The zero-order valence-corrected chi connectivity index (χ0v) is 7.90. The van der Waals surface area contributed by atoms with Crippen molar-refractivity contribution in [3.63, 3.8) is 0 Å². The molecular weight excluding hydrogens is 178 g/mol. The van der Waals surface area contributed by atoms with E-state index in [1.807, 2.05) is 19.1 Å². The second kappa shape index (κ2) is 3.91. The molecule has 0 unspecified atom stereocenters. The summed E-state index contributed by atoms with van der Waals surface area (Å²) in [5.41, 5.74) is 1.92. The van der Waals surface area contributed by atoms with Crippen LogP contribution in [0.3, 0.4) is 0 Å². The van der Waals surface area contributed by atoms with Crippen LogP contribution >= 0.6 is 0 Å². The van der Waals surface area contributed by atoms with Crippen molar-refractivity contribution in [2.75, 3.05) is 6.61 Å². The second-order valence-electron chi connectivity index (χ2n) is 2.78. The Morgan fingerprint density at radius 3 is 3.07 bits per heavy atom. The molecule has 4 nitrogen and oxygen atoms in total. The molecule has 2 heterocycles. The fraction of sp³-hybridized carbons (Fsp3) is 0.200. The third kappa shape index (κ3) is 1.74. The van der Waals surface area contributed by atoms with E-state index in [0.717, 1.165) is 11.3 Å². The lowest BCUT2D eigenvalue weighted by molar-refractivity contribution is 0.316. The first kappa shape index (κ1) is 8.74. The number of rotatable bonds is 3. The van der Waals surface area contributed by atoms with E-state index in [2.05, 4.69) is 15.0 Å². The van der Waals surface area contributed by atoms with Crippen LogP contribution in [-0.4, -0.2) is 21.6 Å². The third-order valence-electron chi connectivity index (χ3n) is 1.81. The van der Waals surface area contributed by atoms with E-state index in [1.165, 1.54) is 0 Å². The zero-order valence-electron chi connectivity index (χ0n) is 7.90. The molecule has 0 aliphatic rings. The summed E-state index contributed by atoms with van der Waals surface area (Å²) in [6.07, 6.45) is 5.26. The van der Waals surface area contributed by atoms with E-state index < -0.39 is 0 Å². The van der Waals surface area contributed by atoms with E-state index in [0.29, 0.717) is 12.6 Å². The Hall–Kier alpha value is -1.84. The van der Waals surface area contributed by atoms with Crippen molar-refractivity contribution in [2.24, 2.45) is 0 Å². The van der Waals surface area contributed by atoms with Crippen molar-refractivity contribution in [1.82, 2.24) is 15.0 Å². The van der Waals surface area contributed by atoms with Gasteiger partial charge in [0.1, 0.15) is 0 Å². The summed E-state index contributed by atoms with van der Waals surface area (Å²) in [4.78, 5) is 11.2. The van der Waals surface area contributed by atoms with Crippen LogP contribution in [0.4, 0.5) is 0 Å². The molecule has 0 fully saturated rings. The van der Waals surface area contributed by atoms with Gasteiger partial charge in [0.2, 0.25) is 0 Å². The van der Waals surface area contributed by atoms with Gasteiger partial charge in [-0.2, -0.15) is 0 Å². The van der Waals surface area contributed by atoms with Crippen molar-refractivity contribution < 1.29 is 4.74 Å². The molecule has 14 heavy (non-hydrogen) atoms. The number of aromatic amines is 1. The van der Waals surface area contributed by atoms with E-state index >= 15 is 0 Å². The first-order valence-corrected chi connectivity index (χ1v) is 4.48. The summed E-state index contributed by atoms with van der Waals surface area (Å²) in [6.45, 7) is 2.53. The fourth-order valence-electron chi connectivity index (χ4n) is 1.18. The van der Waals surface area contributed by atoms with Gasteiger partial charge < -0.3 is 9.72 Å². The average Bonchev–Trinajstić information content (AvgIpc) is 2.68. The molecule has 0 aliphatic heterocycles. The number of aromatic nitrogens is 3. The van der Waals surface area contributed by atoms with Crippen LogP contribution in [0.5, 0.6) is 6.01 Å². The SMILES string of the molecule is CCOc1ncc(-c2cccnc2)[nH]1. The van der Waals surface area contributed by atoms with Gasteiger partial charge in [0.15, 0.2) is 0 Å². The minimum atomic E-state index is 0.548. The van der Waals surface area contributed by atoms with Gasteiger partial charge in [-0.15, -0.1) is 0 Å². The molecule has 0 saturated heterocycles. The summed E-state index contributed by atoms with van der Waals surface area (Å²) >= 11 is 0. The van der Waals surface area contributed by atoms with Crippen LogP contribution < -0.4 is 4.74 Å². The van der Waals surface area contributed by atoms with Crippen molar-refractivity contribution in [3.05, 3.63) is 30.7 Å². The van der Waals surface area contributed by atoms with Crippen molar-refractivity contribution in [1.29, 1.82) is 0 Å². The van der Waals surface area contributed by atoms with Crippen LogP contribution in [-0.2, 0) is 0 Å². The van der Waals surface area contributed by atoms with Crippen LogP contribution in [0.25, 0.3) is 11.3 Å². The Labute approximate surface area is 82.0 Å². The van der Waals surface area contributed by atoms with Gasteiger partial charge in [0.25, 0.3) is 6.01 Å². The molecule has 72 valence electrons. The summed E-state index contributed by atoms with van der Waals surface area (Å²) < 4.78 is 5.22. The van der Waals surface area contributed by atoms with Gasteiger partial charge in [0.05, 0.1) is 18.5 Å². The molecule has 0 bridgehead atoms. The molecule has 0 amide bonds. The highest BCUT2D eigenvalue weighted by Gasteiger charge is 2.02. The summed E-state index contributed by atoms with van der Waals surface area (Å²) in [6, 6.07) is 4.40. The number of nitrogens with one attached hydrogen (secondary N) is 1. The number of nitrogens with zero attached hydrogens (tertiary/aromatic N) is 2. The smallest absolute Gasteiger partial charge is 0.293 e. The molecule has 4 heteroatoms. The molecule has 1 N–H and O–H groups in total. The van der Waals surface area contributed by atoms with Crippen molar-refractivity contribution >= 4 is 0 Å². The summed E-state index contributed by atoms with van der Waals surface area (Å²) in [5.74, 6) is 0. The second-order valence-corrected chi connectivity index (χ2v) is 2.78. The fourth-order valence-corrected chi connectivity index (χ4v) is 1.18. The Bertz CT molecular complexity index is 397. The predicted octanol–water partition coefficient (Wildman–Crippen LogP) is 1.87. The standard InChI is InChI=1S/C10H11N3O/c1-2-14-10-12-7-9(13-10)8-4-3-5-11-6-8/h3-7H,2H2,1H3,(H,12,13).